The van der Waals surface area contributed by atoms with E-state index >= 15 is 0 Å². The first-order valence-electron chi connectivity index (χ1n) is 12.6. The molecule has 5 rings (SSSR count). The summed E-state index contributed by atoms with van der Waals surface area (Å²) in [5.74, 6) is 0.561. The van der Waals surface area contributed by atoms with Gasteiger partial charge in [-0.2, -0.15) is 5.10 Å². The van der Waals surface area contributed by atoms with Crippen LogP contribution in [0.4, 0.5) is 0 Å². The first kappa shape index (κ1) is 24.0. The van der Waals surface area contributed by atoms with Crippen molar-refractivity contribution in [1.29, 1.82) is 0 Å². The number of likely N-dealkylation sites (tertiary alicyclic amines) is 1. The molecule has 1 aromatic heterocycles. The second-order valence-electron chi connectivity index (χ2n) is 10.1. The molecular formula is C28H32ClN3O3. The van der Waals surface area contributed by atoms with E-state index in [0.717, 1.165) is 47.8 Å². The van der Waals surface area contributed by atoms with E-state index in [2.05, 4.69) is 6.92 Å². The third-order valence-electron chi connectivity index (χ3n) is 7.34. The van der Waals surface area contributed by atoms with Crippen LogP contribution in [0.15, 0.2) is 42.6 Å². The Morgan fingerprint density at radius 2 is 1.89 bits per heavy atom. The zero-order valence-electron chi connectivity index (χ0n) is 20.4. The molecule has 1 aliphatic carbocycles. The first-order valence-corrected chi connectivity index (χ1v) is 13.0. The fraction of sp³-hybridized carbons (Fsp3) is 0.464. The quantitative estimate of drug-likeness (QED) is 0.359. The summed E-state index contributed by atoms with van der Waals surface area (Å²) in [6.45, 7) is 6.24. The molecule has 0 unspecified atom stereocenters. The maximum absolute atomic E-state index is 12.9. The van der Waals surface area contributed by atoms with E-state index < -0.39 is 0 Å². The fourth-order valence-corrected chi connectivity index (χ4v) is 5.07. The van der Waals surface area contributed by atoms with E-state index in [0.29, 0.717) is 42.1 Å². The van der Waals surface area contributed by atoms with Crippen LogP contribution in [0.2, 0.25) is 5.02 Å². The molecule has 7 heteroatoms. The molecule has 3 aromatic rings. The summed E-state index contributed by atoms with van der Waals surface area (Å²) in [5, 5.41) is 6.37. The molecule has 2 aliphatic rings. The van der Waals surface area contributed by atoms with Gasteiger partial charge in [0.1, 0.15) is 0 Å². The summed E-state index contributed by atoms with van der Waals surface area (Å²) in [6.07, 6.45) is 7.34. The van der Waals surface area contributed by atoms with Gasteiger partial charge in [-0.05, 0) is 81.5 Å². The van der Waals surface area contributed by atoms with E-state index in [1.165, 1.54) is 6.42 Å². The van der Waals surface area contributed by atoms with Crippen molar-refractivity contribution in [2.75, 3.05) is 13.1 Å². The molecule has 184 valence electrons. The molecule has 2 heterocycles. The number of carbonyl (C=O) groups is 2. The number of aryl methyl sites for hydroxylation is 1. The van der Waals surface area contributed by atoms with Gasteiger partial charge in [-0.15, -0.1) is 0 Å². The Morgan fingerprint density at radius 1 is 1.14 bits per heavy atom. The standard InChI is InChI=1S/C28H32ClN3O3/c1-18(35-23-4-3-5-23)6-13-27(33)24-11-12-26-25(19(24)2)17-32(30-26)16-20-14-31(15-20)28(34)21-7-9-22(29)10-8-21/h7-12,17-18,20,23H,3-6,13-16H2,1-2H3/t18-/m0/s1. The number of aromatic nitrogens is 2. The number of carbonyl (C=O) groups excluding carboxylic acids is 2. The maximum Gasteiger partial charge on any atom is 0.253 e. The predicted octanol–water partition coefficient (Wildman–Crippen LogP) is 5.69. The third kappa shape index (κ3) is 5.29. The summed E-state index contributed by atoms with van der Waals surface area (Å²) in [4.78, 5) is 27.4. The molecule has 2 fully saturated rings. The van der Waals surface area contributed by atoms with Crippen LogP contribution in [0.3, 0.4) is 0 Å². The highest BCUT2D eigenvalue weighted by molar-refractivity contribution is 6.30. The lowest BCUT2D eigenvalue weighted by Gasteiger charge is -2.39. The number of nitrogens with zero attached hydrogens (tertiary/aromatic N) is 3. The van der Waals surface area contributed by atoms with E-state index in [4.69, 9.17) is 21.4 Å². The van der Waals surface area contributed by atoms with E-state index in [9.17, 15) is 9.59 Å². The Bertz CT molecular complexity index is 1230. The number of Topliss-reactive ketones (excluding diaryl/α,β-unsaturated/α-hetero) is 1. The summed E-state index contributed by atoms with van der Waals surface area (Å²) in [5.41, 5.74) is 3.32. The largest absolute Gasteiger partial charge is 0.375 e. The van der Waals surface area contributed by atoms with Crippen LogP contribution in [-0.2, 0) is 11.3 Å². The number of hydrogen-bond donors (Lipinski definition) is 0. The maximum atomic E-state index is 12.9. The number of amides is 1. The summed E-state index contributed by atoms with van der Waals surface area (Å²) >= 11 is 5.92. The zero-order valence-corrected chi connectivity index (χ0v) is 21.1. The molecule has 1 atom stereocenters. The van der Waals surface area contributed by atoms with Gasteiger partial charge in [0.05, 0.1) is 17.7 Å². The summed E-state index contributed by atoms with van der Waals surface area (Å²) in [7, 11) is 0. The lowest BCUT2D eigenvalue weighted by molar-refractivity contribution is -0.0458. The van der Waals surface area contributed by atoms with Crippen LogP contribution in [0.1, 0.15) is 65.3 Å². The van der Waals surface area contributed by atoms with E-state index in [1.54, 1.807) is 24.3 Å². The highest BCUT2D eigenvalue weighted by Gasteiger charge is 2.31. The SMILES string of the molecule is Cc1c(C(=O)CC[C@H](C)OC2CCC2)ccc2nn(CC3CN(C(=O)c4ccc(Cl)cc4)C3)cc12. The summed E-state index contributed by atoms with van der Waals surface area (Å²) < 4.78 is 7.94. The number of rotatable bonds is 9. The minimum atomic E-state index is 0.0370. The average molecular weight is 494 g/mol. The van der Waals surface area contributed by atoms with Gasteiger partial charge >= 0.3 is 0 Å². The molecule has 0 radical (unpaired) electrons. The molecular weight excluding hydrogens is 462 g/mol. The topological polar surface area (TPSA) is 64.4 Å². The number of benzene rings is 2. The van der Waals surface area contributed by atoms with Crippen molar-refractivity contribution >= 4 is 34.2 Å². The van der Waals surface area contributed by atoms with Crippen LogP contribution >= 0.6 is 11.6 Å². The van der Waals surface area contributed by atoms with Crippen LogP contribution in [0, 0.1) is 12.8 Å². The van der Waals surface area contributed by atoms with Crippen molar-refractivity contribution in [3.8, 4) is 0 Å². The van der Waals surface area contributed by atoms with Crippen molar-refractivity contribution in [3.05, 3.63) is 64.3 Å². The van der Waals surface area contributed by atoms with Crippen molar-refractivity contribution in [2.24, 2.45) is 5.92 Å². The van der Waals surface area contributed by atoms with Gasteiger partial charge in [-0.1, -0.05) is 11.6 Å². The Labute approximate surface area is 211 Å². The zero-order chi connectivity index (χ0) is 24.5. The van der Waals surface area contributed by atoms with Gasteiger partial charge in [-0.3, -0.25) is 14.3 Å². The van der Waals surface area contributed by atoms with Crippen molar-refractivity contribution in [2.45, 2.75) is 64.7 Å². The molecule has 1 amide bonds. The minimum absolute atomic E-state index is 0.0370. The van der Waals surface area contributed by atoms with Crippen LogP contribution < -0.4 is 0 Å². The van der Waals surface area contributed by atoms with Crippen molar-refractivity contribution in [1.82, 2.24) is 14.7 Å². The second kappa shape index (κ2) is 10.1. The van der Waals surface area contributed by atoms with Crippen LogP contribution in [0.5, 0.6) is 0 Å². The highest BCUT2D eigenvalue weighted by Crippen LogP contribution is 2.27. The summed E-state index contributed by atoms with van der Waals surface area (Å²) in [6, 6.07) is 10.9. The Hall–Kier alpha value is -2.70. The smallest absolute Gasteiger partial charge is 0.253 e. The Balaban J connectivity index is 1.17. The van der Waals surface area contributed by atoms with Gasteiger partial charge in [0.15, 0.2) is 5.78 Å². The molecule has 0 spiro atoms. The van der Waals surface area contributed by atoms with Crippen molar-refractivity contribution in [3.63, 3.8) is 0 Å². The molecule has 6 nitrogen and oxygen atoms in total. The Kier molecular flexibility index (Phi) is 6.94. The molecule has 1 saturated heterocycles. The highest BCUT2D eigenvalue weighted by atomic mass is 35.5. The monoisotopic (exact) mass is 493 g/mol. The van der Waals surface area contributed by atoms with Gasteiger partial charge < -0.3 is 9.64 Å². The van der Waals surface area contributed by atoms with Gasteiger partial charge in [0.2, 0.25) is 0 Å². The van der Waals surface area contributed by atoms with Crippen LogP contribution in [-0.4, -0.2) is 51.7 Å². The molecule has 0 N–H and O–H groups in total. The lowest BCUT2D eigenvalue weighted by Crippen LogP contribution is -2.51. The molecule has 2 aromatic carbocycles. The minimum Gasteiger partial charge on any atom is -0.375 e. The van der Waals surface area contributed by atoms with Gasteiger partial charge in [-0.25, -0.2) is 0 Å². The van der Waals surface area contributed by atoms with Gasteiger partial charge in [0.25, 0.3) is 5.91 Å². The number of hydrogen-bond acceptors (Lipinski definition) is 4. The number of ether oxygens (including phenoxy) is 1. The first-order chi connectivity index (χ1) is 16.9. The fourth-order valence-electron chi connectivity index (χ4n) is 4.94. The normalized spacial score (nSPS) is 17.3. The molecule has 1 aliphatic heterocycles. The Morgan fingerprint density at radius 3 is 2.57 bits per heavy atom. The lowest BCUT2D eigenvalue weighted by atomic mass is 9.95. The predicted molar refractivity (Wildman–Crippen MR) is 137 cm³/mol. The number of fused-ring (bicyclic) bond motifs is 1. The molecule has 35 heavy (non-hydrogen) atoms. The number of halogens is 1. The average Bonchev–Trinajstić information content (AvgIpc) is 3.21. The molecule has 0 bridgehead atoms. The number of ketones is 1. The van der Waals surface area contributed by atoms with Crippen molar-refractivity contribution < 1.29 is 14.3 Å². The van der Waals surface area contributed by atoms with Gasteiger partial charge in [0, 0.05) is 59.7 Å². The van der Waals surface area contributed by atoms with Crippen LogP contribution in [0.25, 0.3) is 10.9 Å². The second-order valence-corrected chi connectivity index (χ2v) is 10.5. The van der Waals surface area contributed by atoms with E-state index in [1.807, 2.05) is 34.8 Å². The third-order valence-corrected chi connectivity index (χ3v) is 7.59. The molecule has 1 saturated carbocycles. The van der Waals surface area contributed by atoms with E-state index in [-0.39, 0.29) is 17.8 Å².